The Hall–Kier alpha value is 0.134. The summed E-state index contributed by atoms with van der Waals surface area (Å²) < 4.78 is 2.92. The van der Waals surface area contributed by atoms with Crippen LogP contribution in [0.5, 0.6) is 0 Å². The summed E-state index contributed by atoms with van der Waals surface area (Å²) in [5.41, 5.74) is 2.27. The van der Waals surface area contributed by atoms with E-state index in [-0.39, 0.29) is 0 Å². The Bertz CT molecular complexity index is 249. The van der Waals surface area contributed by atoms with Crippen LogP contribution in [0.1, 0.15) is 32.1 Å². The molecule has 0 radical (unpaired) electrons. The molecule has 1 nitrogen and oxygen atoms in total. The third kappa shape index (κ3) is 4.72. The zero-order chi connectivity index (χ0) is 13.1. The van der Waals surface area contributed by atoms with Crippen LogP contribution in [0.3, 0.4) is 0 Å². The molecule has 0 bridgehead atoms. The lowest BCUT2D eigenvalue weighted by Crippen LogP contribution is -2.58. The standard InChI is InChI=1S/C14H31NSi2/c1-7-17(5,6)13-15(16(2,3)4)14-11-9-8-10-12-14/h7,14H,1,8-13H2,2-6H3. The van der Waals surface area contributed by atoms with Crippen molar-refractivity contribution in [1.29, 1.82) is 0 Å². The quantitative estimate of drug-likeness (QED) is 0.668. The van der Waals surface area contributed by atoms with Gasteiger partial charge in [-0.15, -0.1) is 12.3 Å². The first-order chi connectivity index (χ1) is 7.76. The maximum absolute atomic E-state index is 4.06. The van der Waals surface area contributed by atoms with E-state index in [0.29, 0.717) is 0 Å². The van der Waals surface area contributed by atoms with Crippen molar-refractivity contribution in [2.45, 2.75) is 70.9 Å². The van der Waals surface area contributed by atoms with Crippen LogP contribution in [0.4, 0.5) is 0 Å². The number of nitrogens with zero attached hydrogens (tertiary/aromatic N) is 1. The predicted molar refractivity (Wildman–Crippen MR) is 84.6 cm³/mol. The highest BCUT2D eigenvalue weighted by atomic mass is 28.3. The Labute approximate surface area is 110 Å². The van der Waals surface area contributed by atoms with Gasteiger partial charge in [-0.05, 0) is 19.0 Å². The van der Waals surface area contributed by atoms with Crippen molar-refractivity contribution in [3.05, 3.63) is 12.3 Å². The van der Waals surface area contributed by atoms with Crippen molar-refractivity contribution in [2.24, 2.45) is 0 Å². The highest BCUT2D eigenvalue weighted by Crippen LogP contribution is 2.28. The summed E-state index contributed by atoms with van der Waals surface area (Å²) in [6.07, 6.45) is 8.55. The molecule has 0 aromatic heterocycles. The normalized spacial score (nSPS) is 19.6. The van der Waals surface area contributed by atoms with E-state index in [0.717, 1.165) is 6.04 Å². The van der Waals surface area contributed by atoms with E-state index in [1.807, 2.05) is 0 Å². The number of hydrogen-bond acceptors (Lipinski definition) is 1. The molecule has 1 aliphatic rings. The van der Waals surface area contributed by atoms with Gasteiger partial charge in [0.05, 0.1) is 8.07 Å². The van der Waals surface area contributed by atoms with Crippen molar-refractivity contribution < 1.29 is 0 Å². The monoisotopic (exact) mass is 269 g/mol. The van der Waals surface area contributed by atoms with Gasteiger partial charge >= 0.3 is 0 Å². The van der Waals surface area contributed by atoms with Gasteiger partial charge in [0.1, 0.15) is 8.24 Å². The summed E-state index contributed by atoms with van der Waals surface area (Å²) in [5, 5.41) is 0. The Morgan fingerprint density at radius 3 is 2.00 bits per heavy atom. The van der Waals surface area contributed by atoms with Crippen LogP contribution in [0, 0.1) is 0 Å². The molecule has 0 spiro atoms. The SMILES string of the molecule is C=C[Si](C)(C)CN(C1CCCCC1)[Si](C)(C)C. The van der Waals surface area contributed by atoms with E-state index in [1.165, 1.54) is 38.3 Å². The second-order valence-corrected chi connectivity index (χ2v) is 16.9. The largest absolute Gasteiger partial charge is 0.323 e. The molecule has 1 fully saturated rings. The molecule has 0 heterocycles. The second kappa shape index (κ2) is 5.85. The lowest BCUT2D eigenvalue weighted by Gasteiger charge is -2.45. The fraction of sp³-hybridized carbons (Fsp3) is 0.857. The minimum atomic E-state index is -1.21. The summed E-state index contributed by atoms with van der Waals surface area (Å²) >= 11 is 0. The molecule has 100 valence electrons. The molecule has 0 saturated heterocycles. The minimum absolute atomic E-state index is 0.877. The van der Waals surface area contributed by atoms with Gasteiger partial charge in [0, 0.05) is 6.04 Å². The summed E-state index contributed by atoms with van der Waals surface area (Å²) in [6.45, 7) is 16.5. The molecule has 1 rings (SSSR count). The predicted octanol–water partition coefficient (Wildman–Crippen LogP) is 4.43. The topological polar surface area (TPSA) is 3.24 Å². The average Bonchev–Trinajstić information content (AvgIpc) is 2.26. The van der Waals surface area contributed by atoms with Crippen LogP contribution in [0.25, 0.3) is 0 Å². The molecule has 0 amide bonds. The first-order valence-corrected chi connectivity index (χ1v) is 13.9. The van der Waals surface area contributed by atoms with Gasteiger partial charge in [-0.1, -0.05) is 52.0 Å². The summed E-state index contributed by atoms with van der Waals surface area (Å²) in [7, 11) is -2.39. The van der Waals surface area contributed by atoms with Crippen LogP contribution in [-0.2, 0) is 0 Å². The van der Waals surface area contributed by atoms with E-state index in [1.54, 1.807) is 0 Å². The lowest BCUT2D eigenvalue weighted by atomic mass is 9.96. The molecule has 0 N–H and O–H groups in total. The van der Waals surface area contributed by atoms with Gasteiger partial charge in [0.25, 0.3) is 0 Å². The van der Waals surface area contributed by atoms with Crippen molar-refractivity contribution >= 4 is 16.3 Å². The number of rotatable bonds is 5. The average molecular weight is 270 g/mol. The Balaban J connectivity index is 2.76. The lowest BCUT2D eigenvalue weighted by molar-refractivity contribution is 0.269. The minimum Gasteiger partial charge on any atom is -0.323 e. The summed E-state index contributed by atoms with van der Waals surface area (Å²) in [6, 6.07) is 0.877. The highest BCUT2D eigenvalue weighted by molar-refractivity contribution is 6.84. The first kappa shape index (κ1) is 15.2. The van der Waals surface area contributed by atoms with Gasteiger partial charge in [-0.2, -0.15) is 0 Å². The Morgan fingerprint density at radius 2 is 1.59 bits per heavy atom. The molecular formula is C14H31NSi2. The van der Waals surface area contributed by atoms with Gasteiger partial charge in [0.15, 0.2) is 0 Å². The molecule has 0 aromatic carbocycles. The fourth-order valence-corrected chi connectivity index (χ4v) is 8.55. The molecule has 1 aliphatic carbocycles. The highest BCUT2D eigenvalue weighted by Gasteiger charge is 2.34. The third-order valence-corrected chi connectivity index (χ3v) is 8.83. The van der Waals surface area contributed by atoms with Crippen molar-refractivity contribution in [3.63, 3.8) is 0 Å². The van der Waals surface area contributed by atoms with Crippen molar-refractivity contribution in [2.75, 3.05) is 6.17 Å². The van der Waals surface area contributed by atoms with Crippen LogP contribution in [-0.4, -0.2) is 33.1 Å². The summed E-state index contributed by atoms with van der Waals surface area (Å²) in [4.78, 5) is 0. The van der Waals surface area contributed by atoms with Gasteiger partial charge < -0.3 is 4.57 Å². The molecule has 0 aliphatic heterocycles. The van der Waals surface area contributed by atoms with Crippen LogP contribution >= 0.6 is 0 Å². The summed E-state index contributed by atoms with van der Waals surface area (Å²) in [5.74, 6) is 0. The zero-order valence-corrected chi connectivity index (χ0v) is 14.6. The first-order valence-electron chi connectivity index (χ1n) is 7.17. The third-order valence-electron chi connectivity index (χ3n) is 4.01. The van der Waals surface area contributed by atoms with Gasteiger partial charge in [-0.25, -0.2) is 0 Å². The molecule has 0 atom stereocenters. The van der Waals surface area contributed by atoms with E-state index >= 15 is 0 Å². The van der Waals surface area contributed by atoms with E-state index < -0.39 is 16.3 Å². The fourth-order valence-electron chi connectivity index (χ4n) is 2.81. The second-order valence-electron chi connectivity index (χ2n) is 7.28. The molecule has 3 heteroatoms. The van der Waals surface area contributed by atoms with E-state index in [2.05, 4.69) is 49.6 Å². The maximum atomic E-state index is 4.06. The molecule has 17 heavy (non-hydrogen) atoms. The van der Waals surface area contributed by atoms with Crippen molar-refractivity contribution in [3.8, 4) is 0 Å². The maximum Gasteiger partial charge on any atom is 0.119 e. The van der Waals surface area contributed by atoms with Gasteiger partial charge in [0.2, 0.25) is 0 Å². The molecule has 0 aromatic rings. The molecule has 1 saturated carbocycles. The molecular weight excluding hydrogens is 238 g/mol. The van der Waals surface area contributed by atoms with Gasteiger partial charge in [-0.3, -0.25) is 0 Å². The van der Waals surface area contributed by atoms with E-state index in [9.17, 15) is 0 Å². The van der Waals surface area contributed by atoms with Crippen LogP contribution < -0.4 is 0 Å². The van der Waals surface area contributed by atoms with Crippen molar-refractivity contribution in [1.82, 2.24) is 4.57 Å². The van der Waals surface area contributed by atoms with Crippen LogP contribution in [0.15, 0.2) is 12.3 Å². The number of hydrogen-bond donors (Lipinski definition) is 0. The Morgan fingerprint density at radius 1 is 1.06 bits per heavy atom. The zero-order valence-electron chi connectivity index (χ0n) is 12.6. The van der Waals surface area contributed by atoms with E-state index in [4.69, 9.17) is 0 Å². The smallest absolute Gasteiger partial charge is 0.119 e. The Kier molecular flexibility index (Phi) is 5.23. The van der Waals surface area contributed by atoms with Crippen LogP contribution in [0.2, 0.25) is 32.7 Å². The molecule has 0 unspecified atom stereocenters.